The fourth-order valence-corrected chi connectivity index (χ4v) is 7.73. The topological polar surface area (TPSA) is 35.5 Å². The van der Waals surface area contributed by atoms with Crippen LogP contribution >= 0.6 is 23.2 Å². The Morgan fingerprint density at radius 1 is 0.667 bits per heavy atom. The zero-order chi connectivity index (χ0) is 23.8. The van der Waals surface area contributed by atoms with Gasteiger partial charge in [-0.3, -0.25) is 4.79 Å². The van der Waals surface area contributed by atoms with Gasteiger partial charge >= 0.3 is 0 Å². The summed E-state index contributed by atoms with van der Waals surface area (Å²) in [6, 6.07) is 0. The summed E-state index contributed by atoms with van der Waals surface area (Å²) in [5.74, 6) is 0.344. The van der Waals surface area contributed by atoms with Gasteiger partial charge in [0.2, 0.25) is 0 Å². The van der Waals surface area contributed by atoms with Crippen LogP contribution in [0.3, 0.4) is 0 Å². The van der Waals surface area contributed by atoms with E-state index in [1.165, 1.54) is 51.4 Å². The summed E-state index contributed by atoms with van der Waals surface area (Å²) in [7, 11) is 0. The first kappa shape index (κ1) is 27.8. The van der Waals surface area contributed by atoms with Crippen molar-refractivity contribution in [2.75, 3.05) is 13.2 Å². The summed E-state index contributed by atoms with van der Waals surface area (Å²) < 4.78 is 11.3. The third-order valence-corrected chi connectivity index (χ3v) is 10.3. The normalized spacial score (nSPS) is 33.5. The molecule has 0 aromatic heterocycles. The highest BCUT2D eigenvalue weighted by Crippen LogP contribution is 2.74. The van der Waals surface area contributed by atoms with Crippen LogP contribution in [0.2, 0.25) is 0 Å². The molecule has 0 radical (unpaired) electrons. The highest BCUT2D eigenvalue weighted by atomic mass is 35.5. The first-order valence-electron chi connectivity index (χ1n) is 14.1. The van der Waals surface area contributed by atoms with Gasteiger partial charge in [0, 0.05) is 13.2 Å². The average molecular weight is 504 g/mol. The Morgan fingerprint density at radius 2 is 1.03 bits per heavy atom. The number of hydrogen-bond acceptors (Lipinski definition) is 3. The quantitative estimate of drug-likeness (QED) is 0.176. The molecule has 0 saturated heterocycles. The Hall–Kier alpha value is 0.170. The number of rotatable bonds is 14. The van der Waals surface area contributed by atoms with E-state index in [-0.39, 0.29) is 12.2 Å². The largest absolute Gasteiger partial charge is 0.378 e. The van der Waals surface area contributed by atoms with Gasteiger partial charge in [-0.1, -0.05) is 88.4 Å². The Balaban J connectivity index is 1.39. The van der Waals surface area contributed by atoms with Gasteiger partial charge in [0.15, 0.2) is 5.78 Å². The van der Waals surface area contributed by atoms with E-state index in [4.69, 9.17) is 32.7 Å². The zero-order valence-corrected chi connectivity index (χ0v) is 22.8. The molecule has 0 aliphatic heterocycles. The summed E-state index contributed by atoms with van der Waals surface area (Å²) in [5.41, 5.74) is -1.10. The monoisotopic (exact) mass is 502 g/mol. The molecule has 3 aliphatic rings. The van der Waals surface area contributed by atoms with Gasteiger partial charge in [-0.05, 0) is 64.2 Å². The number of alkyl halides is 2. The maximum Gasteiger partial charge on any atom is 0.151 e. The van der Waals surface area contributed by atoms with Crippen molar-refractivity contribution in [3.8, 4) is 0 Å². The van der Waals surface area contributed by atoms with E-state index in [1.54, 1.807) is 0 Å². The van der Waals surface area contributed by atoms with Gasteiger partial charge in [-0.25, -0.2) is 0 Å². The minimum Gasteiger partial charge on any atom is -0.378 e. The van der Waals surface area contributed by atoms with Crippen molar-refractivity contribution in [2.24, 2.45) is 10.8 Å². The predicted molar refractivity (Wildman–Crippen MR) is 138 cm³/mol. The third-order valence-electron chi connectivity index (χ3n) is 8.85. The Kier molecular flexibility index (Phi) is 10.9. The highest BCUT2D eigenvalue weighted by Gasteiger charge is 2.79. The summed E-state index contributed by atoms with van der Waals surface area (Å²) in [6.45, 7) is 6.16. The minimum atomic E-state index is -0.937. The van der Waals surface area contributed by atoms with E-state index in [2.05, 4.69) is 13.8 Å². The molecule has 3 fully saturated rings. The molecule has 3 aliphatic carbocycles. The Bertz CT molecular complexity index is 542. The number of hydrogen-bond donors (Lipinski definition) is 0. The fourth-order valence-electron chi connectivity index (χ4n) is 6.63. The van der Waals surface area contributed by atoms with E-state index in [1.807, 2.05) is 0 Å². The molecule has 0 unspecified atom stereocenters. The predicted octanol–water partition coefficient (Wildman–Crippen LogP) is 8.58. The van der Waals surface area contributed by atoms with Crippen LogP contribution in [0.25, 0.3) is 0 Å². The molecule has 0 amide bonds. The maximum atomic E-state index is 13.6. The van der Waals surface area contributed by atoms with Crippen LogP contribution in [0, 0.1) is 10.8 Å². The second-order valence-electron chi connectivity index (χ2n) is 11.0. The minimum absolute atomic E-state index is 0.261. The molecular formula is C28H48Cl2O3. The molecule has 5 heteroatoms. The lowest BCUT2D eigenvalue weighted by Crippen LogP contribution is -2.74. The number of unbranched alkanes of at least 4 members (excludes halogenated alkanes) is 8. The standard InChI is InChI=1S/C28H48Cl2O3/c1-3-5-7-9-11-21-32-23-13-17-26(18-14-23)25(31)27(28(26,29)30)19-15-24(16-20-27)33-22-12-10-8-6-4-2/h23-24H,3-22H2,1-2H3/t23?,24?,26-,27-. The molecule has 3 nitrogen and oxygen atoms in total. The van der Waals surface area contributed by atoms with Crippen molar-refractivity contribution >= 4 is 29.0 Å². The van der Waals surface area contributed by atoms with Gasteiger partial charge in [-0.2, -0.15) is 0 Å². The lowest BCUT2D eigenvalue weighted by molar-refractivity contribution is -0.176. The molecule has 0 bridgehead atoms. The Morgan fingerprint density at radius 3 is 1.36 bits per heavy atom. The smallest absolute Gasteiger partial charge is 0.151 e. The first-order valence-corrected chi connectivity index (χ1v) is 14.8. The number of Topliss-reactive ketones (excluding diaryl/α,β-unsaturated/α-hetero) is 1. The Labute approximate surface area is 213 Å². The van der Waals surface area contributed by atoms with Gasteiger partial charge < -0.3 is 9.47 Å². The summed E-state index contributed by atoms with van der Waals surface area (Å²) >= 11 is 14.2. The van der Waals surface area contributed by atoms with Crippen molar-refractivity contribution in [3.63, 3.8) is 0 Å². The maximum absolute atomic E-state index is 13.6. The van der Waals surface area contributed by atoms with Gasteiger partial charge in [0.25, 0.3) is 0 Å². The number of carbonyl (C=O) groups is 1. The van der Waals surface area contributed by atoms with Gasteiger partial charge in [-0.15, -0.1) is 0 Å². The van der Waals surface area contributed by atoms with Crippen LogP contribution in [0.5, 0.6) is 0 Å². The number of carbonyl (C=O) groups excluding carboxylic acids is 1. The van der Waals surface area contributed by atoms with E-state index >= 15 is 0 Å². The van der Waals surface area contributed by atoms with E-state index in [0.717, 1.165) is 77.4 Å². The number of ether oxygens (including phenoxy) is 2. The van der Waals surface area contributed by atoms with Crippen molar-refractivity contribution in [3.05, 3.63) is 0 Å². The van der Waals surface area contributed by atoms with Gasteiger partial charge in [0.05, 0.1) is 23.0 Å². The third kappa shape index (κ3) is 5.95. The second-order valence-corrected chi connectivity index (χ2v) is 12.4. The van der Waals surface area contributed by atoms with Crippen LogP contribution in [-0.4, -0.2) is 35.5 Å². The molecule has 2 spiro atoms. The lowest BCUT2D eigenvalue weighted by atomic mass is 9.43. The van der Waals surface area contributed by atoms with Crippen molar-refractivity contribution < 1.29 is 14.3 Å². The molecule has 0 heterocycles. The highest BCUT2D eigenvalue weighted by molar-refractivity contribution is 6.55. The summed E-state index contributed by atoms with van der Waals surface area (Å²) in [5, 5.41) is 0. The SMILES string of the molecule is CCCCCCCOC1CC[C@]2(CC1)C(=O)[C@@]1(CCC(OCCCCCCC)CC1)C2(Cl)Cl. The molecule has 3 saturated carbocycles. The fraction of sp³-hybridized carbons (Fsp3) is 0.964. The van der Waals surface area contributed by atoms with Crippen LogP contribution in [0.1, 0.15) is 129 Å². The molecule has 33 heavy (non-hydrogen) atoms. The molecular weight excluding hydrogens is 455 g/mol. The van der Waals surface area contributed by atoms with Gasteiger partial charge in [0.1, 0.15) is 4.33 Å². The first-order chi connectivity index (χ1) is 15.9. The van der Waals surface area contributed by atoms with Crippen LogP contribution in [-0.2, 0) is 14.3 Å². The lowest BCUT2D eigenvalue weighted by Gasteiger charge is -2.66. The molecule has 0 N–H and O–H groups in total. The van der Waals surface area contributed by atoms with E-state index < -0.39 is 15.2 Å². The molecule has 0 aromatic carbocycles. The number of halogens is 2. The van der Waals surface area contributed by atoms with E-state index in [0.29, 0.717) is 5.78 Å². The van der Waals surface area contributed by atoms with Crippen LogP contribution in [0.15, 0.2) is 0 Å². The zero-order valence-electron chi connectivity index (χ0n) is 21.3. The van der Waals surface area contributed by atoms with E-state index in [9.17, 15) is 4.79 Å². The van der Waals surface area contributed by atoms with Crippen LogP contribution in [0.4, 0.5) is 0 Å². The summed E-state index contributed by atoms with van der Waals surface area (Å²) in [4.78, 5) is 13.6. The molecule has 192 valence electrons. The number of ketones is 1. The van der Waals surface area contributed by atoms with Crippen molar-refractivity contribution in [1.29, 1.82) is 0 Å². The molecule has 0 aromatic rings. The molecule has 0 atom stereocenters. The van der Waals surface area contributed by atoms with Crippen molar-refractivity contribution in [1.82, 2.24) is 0 Å². The average Bonchev–Trinajstić information content (AvgIpc) is 2.83. The van der Waals surface area contributed by atoms with Crippen molar-refractivity contribution in [2.45, 2.75) is 146 Å². The second kappa shape index (κ2) is 12.9. The van der Waals surface area contributed by atoms with Crippen LogP contribution < -0.4 is 0 Å². The molecule has 3 rings (SSSR count). The summed E-state index contributed by atoms with van der Waals surface area (Å²) in [6.07, 6.45) is 19.8.